The summed E-state index contributed by atoms with van der Waals surface area (Å²) < 4.78 is 5.61. The van der Waals surface area contributed by atoms with Gasteiger partial charge in [-0.05, 0) is 57.3 Å². The van der Waals surface area contributed by atoms with Gasteiger partial charge in [0.1, 0.15) is 0 Å². The van der Waals surface area contributed by atoms with Gasteiger partial charge in [0.25, 0.3) is 0 Å². The third kappa shape index (κ3) is 2.80. The van der Waals surface area contributed by atoms with Crippen LogP contribution in [0.15, 0.2) is 0 Å². The van der Waals surface area contributed by atoms with E-state index in [-0.39, 0.29) is 35.8 Å². The molecule has 0 aromatic rings. The predicted octanol–water partition coefficient (Wildman–Crippen LogP) is 1.81. The maximum absolute atomic E-state index is 12.6. The number of nitrogens with one attached hydrogen (secondary N) is 1. The Labute approximate surface area is 125 Å². The first kappa shape index (κ1) is 14.8. The molecule has 2 bridgehead atoms. The van der Waals surface area contributed by atoms with E-state index < -0.39 is 11.9 Å². The Morgan fingerprint density at radius 2 is 1.71 bits per heavy atom. The molecule has 0 radical (unpaired) electrons. The zero-order chi connectivity index (χ0) is 15.0. The van der Waals surface area contributed by atoms with Gasteiger partial charge in [-0.1, -0.05) is 0 Å². The van der Waals surface area contributed by atoms with Crippen molar-refractivity contribution in [3.8, 4) is 0 Å². The second kappa shape index (κ2) is 5.95. The molecule has 1 heterocycles. The third-order valence-electron chi connectivity index (χ3n) is 5.70. The minimum atomic E-state index is -0.797. The fourth-order valence-corrected chi connectivity index (χ4v) is 4.59. The first-order chi connectivity index (χ1) is 10.1. The van der Waals surface area contributed by atoms with Crippen molar-refractivity contribution in [3.05, 3.63) is 0 Å². The molecule has 4 atom stereocenters. The lowest BCUT2D eigenvalue weighted by Crippen LogP contribution is -2.53. The molecule has 3 saturated carbocycles. The molecule has 4 aliphatic rings. The van der Waals surface area contributed by atoms with Crippen LogP contribution in [0.2, 0.25) is 0 Å². The normalized spacial score (nSPS) is 40.0. The van der Waals surface area contributed by atoms with Crippen LogP contribution in [0, 0.1) is 23.7 Å². The van der Waals surface area contributed by atoms with Crippen molar-refractivity contribution in [2.45, 2.75) is 57.6 Å². The maximum atomic E-state index is 12.6. The number of carboxylic acids is 1. The fourth-order valence-electron chi connectivity index (χ4n) is 4.59. The summed E-state index contributed by atoms with van der Waals surface area (Å²) in [5, 5.41) is 12.6. The lowest BCUT2D eigenvalue weighted by atomic mass is 9.58. The molecule has 1 saturated heterocycles. The number of carboxylic acid groups (broad SMARTS) is 1. The van der Waals surface area contributed by atoms with E-state index in [0.29, 0.717) is 0 Å². The molecule has 0 spiro atoms. The second-order valence-electron chi connectivity index (χ2n) is 6.91. The average Bonchev–Trinajstić information content (AvgIpc) is 3.01. The summed E-state index contributed by atoms with van der Waals surface area (Å²) in [6, 6.07) is -0.0325. The highest BCUT2D eigenvalue weighted by Gasteiger charge is 2.50. The van der Waals surface area contributed by atoms with Crippen LogP contribution in [0.4, 0.5) is 0 Å². The largest absolute Gasteiger partial charge is 0.481 e. The number of hydrogen-bond acceptors (Lipinski definition) is 3. The highest BCUT2D eigenvalue weighted by atomic mass is 16.5. The van der Waals surface area contributed by atoms with Gasteiger partial charge in [0.15, 0.2) is 0 Å². The van der Waals surface area contributed by atoms with E-state index in [1.54, 1.807) is 0 Å². The number of ether oxygens (including phenoxy) is 1. The first-order valence-electron chi connectivity index (χ1n) is 8.22. The van der Waals surface area contributed by atoms with E-state index in [4.69, 9.17) is 4.74 Å². The van der Waals surface area contributed by atoms with E-state index >= 15 is 0 Å². The van der Waals surface area contributed by atoms with Gasteiger partial charge in [-0.15, -0.1) is 0 Å². The summed E-state index contributed by atoms with van der Waals surface area (Å²) in [5.41, 5.74) is 0. The highest BCUT2D eigenvalue weighted by molar-refractivity contribution is 5.85. The van der Waals surface area contributed by atoms with Crippen LogP contribution in [-0.4, -0.2) is 35.7 Å². The average molecular weight is 295 g/mol. The first-order valence-corrected chi connectivity index (χ1v) is 8.22. The van der Waals surface area contributed by atoms with Crippen LogP contribution in [0.3, 0.4) is 0 Å². The maximum Gasteiger partial charge on any atom is 0.307 e. The molecule has 1 amide bonds. The molecular formula is C16H25NO4. The quantitative estimate of drug-likeness (QED) is 0.829. The zero-order valence-corrected chi connectivity index (χ0v) is 12.6. The molecule has 4 unspecified atom stereocenters. The number of rotatable bonds is 4. The number of amides is 1. The van der Waals surface area contributed by atoms with Gasteiger partial charge in [0.2, 0.25) is 5.91 Å². The summed E-state index contributed by atoms with van der Waals surface area (Å²) in [4.78, 5) is 24.2. The van der Waals surface area contributed by atoms with Gasteiger partial charge >= 0.3 is 5.97 Å². The molecule has 5 nitrogen and oxygen atoms in total. The molecule has 0 aromatic carbocycles. The summed E-state index contributed by atoms with van der Waals surface area (Å²) in [5.74, 6) is -1.28. The van der Waals surface area contributed by atoms with Crippen molar-refractivity contribution >= 4 is 11.9 Å². The topological polar surface area (TPSA) is 75.6 Å². The van der Waals surface area contributed by atoms with Gasteiger partial charge < -0.3 is 15.2 Å². The second-order valence-corrected chi connectivity index (χ2v) is 6.91. The fraction of sp³-hybridized carbons (Fsp3) is 0.875. The lowest BCUT2D eigenvalue weighted by molar-refractivity contribution is -0.158. The molecule has 21 heavy (non-hydrogen) atoms. The van der Waals surface area contributed by atoms with Crippen molar-refractivity contribution in [1.29, 1.82) is 0 Å². The van der Waals surface area contributed by atoms with Crippen molar-refractivity contribution in [2.24, 2.45) is 23.7 Å². The summed E-state index contributed by atoms with van der Waals surface area (Å²) >= 11 is 0. The minimum Gasteiger partial charge on any atom is -0.481 e. The van der Waals surface area contributed by atoms with E-state index in [0.717, 1.165) is 45.1 Å². The van der Waals surface area contributed by atoms with Gasteiger partial charge in [-0.25, -0.2) is 0 Å². The summed E-state index contributed by atoms with van der Waals surface area (Å²) in [6.07, 6.45) is 6.02. The number of hydrogen-bond donors (Lipinski definition) is 2. The Morgan fingerprint density at radius 3 is 2.24 bits per heavy atom. The molecule has 2 N–H and O–H groups in total. The molecule has 1 aliphatic heterocycles. The van der Waals surface area contributed by atoms with Crippen molar-refractivity contribution < 1.29 is 19.4 Å². The highest BCUT2D eigenvalue weighted by Crippen LogP contribution is 2.49. The molecule has 3 aliphatic carbocycles. The molecule has 4 fully saturated rings. The molecular weight excluding hydrogens is 270 g/mol. The molecule has 5 heteroatoms. The standard InChI is InChI=1S/C16H25NO4/c1-9(12-3-2-8-21-12)17-15(18)13-10-4-6-11(7-5-10)14(13)16(19)20/h9-14H,2-8H2,1H3,(H,17,18)(H,19,20). The van der Waals surface area contributed by atoms with Gasteiger partial charge in [0, 0.05) is 6.61 Å². The summed E-state index contributed by atoms with van der Waals surface area (Å²) in [7, 11) is 0. The van der Waals surface area contributed by atoms with E-state index in [2.05, 4.69) is 5.32 Å². The van der Waals surface area contributed by atoms with Crippen molar-refractivity contribution in [1.82, 2.24) is 5.32 Å². The van der Waals surface area contributed by atoms with Crippen molar-refractivity contribution in [3.63, 3.8) is 0 Å². The SMILES string of the molecule is CC(NC(=O)C1C2CCC(CC2)C1C(=O)O)C1CCCO1. The van der Waals surface area contributed by atoms with E-state index in [1.165, 1.54) is 0 Å². The zero-order valence-electron chi connectivity index (χ0n) is 12.6. The number of fused-ring (bicyclic) bond motifs is 3. The van der Waals surface area contributed by atoms with Gasteiger partial charge in [-0.3, -0.25) is 9.59 Å². The van der Waals surface area contributed by atoms with Crippen LogP contribution in [0.5, 0.6) is 0 Å². The molecule has 4 rings (SSSR count). The number of aliphatic carboxylic acids is 1. The third-order valence-corrected chi connectivity index (χ3v) is 5.70. The van der Waals surface area contributed by atoms with Crippen LogP contribution < -0.4 is 5.32 Å². The Morgan fingerprint density at radius 1 is 1.10 bits per heavy atom. The monoisotopic (exact) mass is 295 g/mol. The smallest absolute Gasteiger partial charge is 0.307 e. The summed E-state index contributed by atoms with van der Waals surface area (Å²) in [6.45, 7) is 2.72. The molecule has 118 valence electrons. The van der Waals surface area contributed by atoms with Crippen LogP contribution in [0.25, 0.3) is 0 Å². The van der Waals surface area contributed by atoms with Crippen LogP contribution in [0.1, 0.15) is 45.4 Å². The van der Waals surface area contributed by atoms with Gasteiger partial charge in [-0.2, -0.15) is 0 Å². The van der Waals surface area contributed by atoms with E-state index in [9.17, 15) is 14.7 Å². The Kier molecular flexibility index (Phi) is 4.20. The Hall–Kier alpha value is -1.10. The molecule has 0 aromatic heterocycles. The predicted molar refractivity (Wildman–Crippen MR) is 76.6 cm³/mol. The minimum absolute atomic E-state index is 0.0325. The van der Waals surface area contributed by atoms with Crippen molar-refractivity contribution in [2.75, 3.05) is 6.61 Å². The Balaban J connectivity index is 1.68. The lowest BCUT2D eigenvalue weighted by Gasteiger charge is -2.46. The number of carbonyl (C=O) groups excluding carboxylic acids is 1. The van der Waals surface area contributed by atoms with E-state index in [1.807, 2.05) is 6.92 Å². The Bertz CT molecular complexity index is 411. The van der Waals surface area contributed by atoms with Crippen LogP contribution >= 0.6 is 0 Å². The van der Waals surface area contributed by atoms with Gasteiger partial charge in [0.05, 0.1) is 24.0 Å². The number of carbonyl (C=O) groups is 2. The van der Waals surface area contributed by atoms with Crippen LogP contribution in [-0.2, 0) is 14.3 Å².